The van der Waals surface area contributed by atoms with Crippen LogP contribution >= 0.6 is 23.1 Å². The quantitative estimate of drug-likeness (QED) is 0.650. The maximum Gasteiger partial charge on any atom is 0.305 e. The van der Waals surface area contributed by atoms with Crippen molar-refractivity contribution in [3.05, 3.63) is 21.9 Å². The molecular weight excluding hydrogens is 286 g/mol. The molecule has 1 aliphatic heterocycles. The molecule has 1 fully saturated rings. The Labute approximate surface area is 117 Å². The molecule has 0 aliphatic carbocycles. The number of carbonyl (C=O) groups is 2. The van der Waals surface area contributed by atoms with Crippen molar-refractivity contribution in [1.29, 1.82) is 0 Å². The van der Waals surface area contributed by atoms with E-state index in [0.717, 1.165) is 16.6 Å². The van der Waals surface area contributed by atoms with Crippen molar-refractivity contribution < 1.29 is 14.7 Å². The summed E-state index contributed by atoms with van der Waals surface area (Å²) >= 11 is 2.67. The first-order chi connectivity index (χ1) is 9.04. The smallest absolute Gasteiger partial charge is 0.305 e. The molecule has 1 saturated heterocycles. The van der Waals surface area contributed by atoms with E-state index in [-0.39, 0.29) is 12.3 Å². The molecule has 2 N–H and O–H groups in total. The highest BCUT2D eigenvalue weighted by Crippen LogP contribution is 2.22. The third-order valence-corrected chi connectivity index (χ3v) is 4.24. The van der Waals surface area contributed by atoms with Gasteiger partial charge in [0.05, 0.1) is 12.6 Å². The number of nitrogens with one attached hydrogen (secondary N) is 1. The van der Waals surface area contributed by atoms with Crippen LogP contribution in [0, 0.1) is 6.92 Å². The van der Waals surface area contributed by atoms with Crippen LogP contribution in [0.5, 0.6) is 0 Å². The molecule has 0 radical (unpaired) electrons. The predicted molar refractivity (Wildman–Crippen MR) is 75.9 cm³/mol. The fourth-order valence-corrected chi connectivity index (χ4v) is 3.07. The normalized spacial score (nSPS) is 21.2. The molecule has 0 aromatic carbocycles. The van der Waals surface area contributed by atoms with E-state index in [1.54, 1.807) is 17.6 Å². The molecule has 1 aliphatic rings. The summed E-state index contributed by atoms with van der Waals surface area (Å²) in [6, 6.07) is 3.91. The Morgan fingerprint density at radius 1 is 1.58 bits per heavy atom. The van der Waals surface area contributed by atoms with Gasteiger partial charge in [-0.05, 0) is 19.1 Å². The molecule has 2 rings (SSSR count). The molecule has 0 bridgehead atoms. The fourth-order valence-electron chi connectivity index (χ4n) is 1.41. The van der Waals surface area contributed by atoms with Crippen molar-refractivity contribution in [1.82, 2.24) is 5.32 Å². The molecular formula is C11H11N3O3S2. The Morgan fingerprint density at radius 3 is 3.00 bits per heavy atom. The molecule has 1 aromatic rings. The van der Waals surface area contributed by atoms with Crippen LogP contribution in [0.2, 0.25) is 0 Å². The fraction of sp³-hybridized carbons (Fsp3) is 0.273. The number of carboxylic acid groups (broad SMARTS) is 1. The van der Waals surface area contributed by atoms with E-state index in [1.165, 1.54) is 4.88 Å². The van der Waals surface area contributed by atoms with Crippen molar-refractivity contribution in [2.45, 2.75) is 18.6 Å². The number of thiophene rings is 1. The first-order valence-corrected chi connectivity index (χ1v) is 7.11. The number of hydrogen-bond donors (Lipinski definition) is 2. The molecule has 1 atom stereocenters. The first kappa shape index (κ1) is 13.8. The molecule has 2 heterocycles. The molecule has 19 heavy (non-hydrogen) atoms. The van der Waals surface area contributed by atoms with E-state index in [0.29, 0.717) is 5.17 Å². The van der Waals surface area contributed by atoms with Crippen LogP contribution < -0.4 is 5.32 Å². The van der Waals surface area contributed by atoms with Gasteiger partial charge >= 0.3 is 5.97 Å². The number of nitrogens with zero attached hydrogens (tertiary/aromatic N) is 2. The van der Waals surface area contributed by atoms with Gasteiger partial charge in [0.1, 0.15) is 5.25 Å². The van der Waals surface area contributed by atoms with Gasteiger partial charge in [-0.1, -0.05) is 11.8 Å². The molecule has 8 heteroatoms. The summed E-state index contributed by atoms with van der Waals surface area (Å²) in [7, 11) is 0. The summed E-state index contributed by atoms with van der Waals surface area (Å²) < 4.78 is 0. The third-order valence-electron chi connectivity index (χ3n) is 2.23. The summed E-state index contributed by atoms with van der Waals surface area (Å²) in [4.78, 5) is 24.1. The van der Waals surface area contributed by atoms with Crippen LogP contribution in [0.3, 0.4) is 0 Å². The van der Waals surface area contributed by atoms with Crippen LogP contribution in [0.1, 0.15) is 16.2 Å². The second-order valence-electron chi connectivity index (χ2n) is 3.79. The highest BCUT2D eigenvalue weighted by Gasteiger charge is 2.32. The van der Waals surface area contributed by atoms with Gasteiger partial charge in [-0.2, -0.15) is 5.10 Å². The Kier molecular flexibility index (Phi) is 4.33. The van der Waals surface area contributed by atoms with Gasteiger partial charge in [0.15, 0.2) is 5.17 Å². The first-order valence-electron chi connectivity index (χ1n) is 5.41. The molecule has 1 aromatic heterocycles. The number of carboxylic acids is 1. The highest BCUT2D eigenvalue weighted by molar-refractivity contribution is 8.15. The second kappa shape index (κ2) is 5.98. The van der Waals surface area contributed by atoms with Crippen molar-refractivity contribution in [2.24, 2.45) is 10.2 Å². The summed E-state index contributed by atoms with van der Waals surface area (Å²) in [5.41, 5.74) is 0. The lowest BCUT2D eigenvalue weighted by atomic mass is 10.3. The molecule has 1 amide bonds. The average Bonchev–Trinajstić information content (AvgIpc) is 2.86. The van der Waals surface area contributed by atoms with Gasteiger partial charge in [0.25, 0.3) is 0 Å². The van der Waals surface area contributed by atoms with Crippen LogP contribution in [0.15, 0.2) is 22.3 Å². The van der Waals surface area contributed by atoms with E-state index in [9.17, 15) is 9.59 Å². The molecule has 0 saturated carbocycles. The lowest BCUT2D eigenvalue weighted by Crippen LogP contribution is -2.26. The van der Waals surface area contributed by atoms with E-state index in [1.807, 2.05) is 19.1 Å². The lowest BCUT2D eigenvalue weighted by molar-refractivity contribution is -0.138. The average molecular weight is 297 g/mol. The lowest BCUT2D eigenvalue weighted by Gasteiger charge is -1.97. The molecule has 6 nitrogen and oxygen atoms in total. The maximum absolute atomic E-state index is 11.4. The monoisotopic (exact) mass is 297 g/mol. The van der Waals surface area contributed by atoms with E-state index in [4.69, 9.17) is 5.11 Å². The van der Waals surface area contributed by atoms with Crippen molar-refractivity contribution >= 4 is 46.4 Å². The molecule has 100 valence electrons. The number of amidine groups is 1. The minimum atomic E-state index is -1.01. The number of aryl methyl sites for hydroxylation is 1. The SMILES string of the molecule is Cc1ccc(/C=N/N=C2\NC(=O)C(CC(=O)O)S2)s1. The summed E-state index contributed by atoms with van der Waals surface area (Å²) in [6.45, 7) is 2.00. The third kappa shape index (κ3) is 3.90. The zero-order valence-electron chi connectivity index (χ0n) is 9.99. The minimum Gasteiger partial charge on any atom is -0.481 e. The van der Waals surface area contributed by atoms with Gasteiger partial charge in [-0.25, -0.2) is 0 Å². The Morgan fingerprint density at radius 2 is 2.37 bits per heavy atom. The maximum atomic E-state index is 11.4. The minimum absolute atomic E-state index is 0.219. The van der Waals surface area contributed by atoms with E-state index >= 15 is 0 Å². The van der Waals surface area contributed by atoms with Crippen molar-refractivity contribution in [3.8, 4) is 0 Å². The second-order valence-corrected chi connectivity index (χ2v) is 6.30. The number of thioether (sulfide) groups is 1. The number of carbonyl (C=O) groups excluding carboxylic acids is 1. The predicted octanol–water partition coefficient (Wildman–Crippen LogP) is 1.45. The standard InChI is InChI=1S/C11H11N3O3S2/c1-6-2-3-7(18-6)5-12-14-11-13-10(17)8(19-11)4-9(15)16/h2-3,5,8H,4H2,1H3,(H,15,16)(H,13,14,17)/b12-5+. The largest absolute Gasteiger partial charge is 0.481 e. The summed E-state index contributed by atoms with van der Waals surface area (Å²) in [5, 5.41) is 18.6. The topological polar surface area (TPSA) is 91.1 Å². The Bertz CT molecular complexity index is 565. The number of amides is 1. The van der Waals surface area contributed by atoms with Gasteiger partial charge in [-0.3, -0.25) is 9.59 Å². The van der Waals surface area contributed by atoms with Gasteiger partial charge in [-0.15, -0.1) is 16.4 Å². The van der Waals surface area contributed by atoms with E-state index in [2.05, 4.69) is 15.5 Å². The Hall–Kier alpha value is -1.67. The summed E-state index contributed by atoms with van der Waals surface area (Å²) in [5.74, 6) is -1.35. The van der Waals surface area contributed by atoms with Crippen LogP contribution in [-0.2, 0) is 9.59 Å². The van der Waals surface area contributed by atoms with E-state index < -0.39 is 11.2 Å². The molecule has 1 unspecified atom stereocenters. The van der Waals surface area contributed by atoms with Gasteiger partial charge < -0.3 is 10.4 Å². The Balaban J connectivity index is 1.96. The zero-order valence-corrected chi connectivity index (χ0v) is 11.6. The highest BCUT2D eigenvalue weighted by atomic mass is 32.2. The van der Waals surface area contributed by atoms with Gasteiger partial charge in [0.2, 0.25) is 5.91 Å². The number of aliphatic carboxylic acids is 1. The van der Waals surface area contributed by atoms with Gasteiger partial charge in [0, 0.05) is 9.75 Å². The van der Waals surface area contributed by atoms with Crippen LogP contribution in [-0.4, -0.2) is 33.6 Å². The zero-order chi connectivity index (χ0) is 13.8. The van der Waals surface area contributed by atoms with Crippen LogP contribution in [0.4, 0.5) is 0 Å². The summed E-state index contributed by atoms with van der Waals surface area (Å²) in [6.07, 6.45) is 1.38. The number of hydrogen-bond acceptors (Lipinski definition) is 6. The van der Waals surface area contributed by atoms with Crippen LogP contribution in [0.25, 0.3) is 0 Å². The van der Waals surface area contributed by atoms with Crippen molar-refractivity contribution in [2.75, 3.05) is 0 Å². The molecule has 0 spiro atoms. The number of rotatable bonds is 4. The van der Waals surface area contributed by atoms with Crippen molar-refractivity contribution in [3.63, 3.8) is 0 Å².